The number of aromatic hydroxyl groups is 1. The molecule has 0 bridgehead atoms. The van der Waals surface area contributed by atoms with Crippen LogP contribution in [0.1, 0.15) is 51.6 Å². The fourth-order valence-electron chi connectivity index (χ4n) is 2.07. The van der Waals surface area contributed by atoms with Crippen molar-refractivity contribution in [3.8, 4) is 5.75 Å². The third-order valence-corrected chi connectivity index (χ3v) is 3.62. The highest BCUT2D eigenvalue weighted by molar-refractivity contribution is 9.10. The van der Waals surface area contributed by atoms with Gasteiger partial charge in [-0.25, -0.2) is 0 Å². The standard InChI is InChI=1S/C15H24BrNO/c1-4-14(17-9-5-6-11(2)3)13-10-12(16)7-8-15(13)18/h7-8,10-11,14,17-18H,4-6,9H2,1-3H3. The Kier molecular flexibility index (Phi) is 6.72. The van der Waals surface area contributed by atoms with Gasteiger partial charge in [-0.1, -0.05) is 36.7 Å². The van der Waals surface area contributed by atoms with Gasteiger partial charge in [0.15, 0.2) is 0 Å². The van der Waals surface area contributed by atoms with Crippen molar-refractivity contribution in [1.29, 1.82) is 0 Å². The van der Waals surface area contributed by atoms with Crippen LogP contribution in [0, 0.1) is 5.92 Å². The molecule has 0 saturated carbocycles. The zero-order valence-corrected chi connectivity index (χ0v) is 13.1. The maximum absolute atomic E-state index is 9.92. The number of rotatable bonds is 7. The van der Waals surface area contributed by atoms with Crippen LogP contribution >= 0.6 is 15.9 Å². The first-order valence-corrected chi connectivity index (χ1v) is 7.55. The Balaban J connectivity index is 2.57. The third kappa shape index (κ3) is 4.99. The average molecular weight is 314 g/mol. The molecule has 1 unspecified atom stereocenters. The van der Waals surface area contributed by atoms with Crippen LogP contribution in [0.5, 0.6) is 5.75 Å². The van der Waals surface area contributed by atoms with Gasteiger partial charge in [-0.3, -0.25) is 0 Å². The molecule has 0 aliphatic carbocycles. The number of benzene rings is 1. The molecule has 0 spiro atoms. The van der Waals surface area contributed by atoms with Crippen LogP contribution in [0.15, 0.2) is 22.7 Å². The van der Waals surface area contributed by atoms with Crippen LogP contribution in [0.3, 0.4) is 0 Å². The van der Waals surface area contributed by atoms with E-state index in [4.69, 9.17) is 0 Å². The normalized spacial score (nSPS) is 12.9. The summed E-state index contributed by atoms with van der Waals surface area (Å²) in [5, 5.41) is 13.4. The monoisotopic (exact) mass is 313 g/mol. The van der Waals surface area contributed by atoms with E-state index in [0.717, 1.165) is 28.9 Å². The molecule has 0 heterocycles. The molecule has 0 aromatic heterocycles. The van der Waals surface area contributed by atoms with Crippen LogP contribution < -0.4 is 5.32 Å². The maximum Gasteiger partial charge on any atom is 0.120 e. The fraction of sp³-hybridized carbons (Fsp3) is 0.600. The van der Waals surface area contributed by atoms with Gasteiger partial charge in [0, 0.05) is 16.1 Å². The predicted octanol–water partition coefficient (Wildman–Crippen LogP) is 4.63. The zero-order chi connectivity index (χ0) is 13.5. The van der Waals surface area contributed by atoms with Crippen molar-refractivity contribution < 1.29 is 5.11 Å². The lowest BCUT2D eigenvalue weighted by atomic mass is 10.0. The molecule has 0 amide bonds. The molecule has 2 N–H and O–H groups in total. The molecule has 102 valence electrons. The van der Waals surface area contributed by atoms with E-state index in [1.54, 1.807) is 6.07 Å². The molecule has 0 radical (unpaired) electrons. The van der Waals surface area contributed by atoms with Gasteiger partial charge in [0.05, 0.1) is 0 Å². The van der Waals surface area contributed by atoms with Gasteiger partial charge >= 0.3 is 0 Å². The van der Waals surface area contributed by atoms with Gasteiger partial charge in [-0.05, 0) is 49.9 Å². The summed E-state index contributed by atoms with van der Waals surface area (Å²) >= 11 is 3.46. The van der Waals surface area contributed by atoms with E-state index in [1.165, 1.54) is 12.8 Å². The van der Waals surface area contributed by atoms with E-state index in [1.807, 2.05) is 12.1 Å². The van der Waals surface area contributed by atoms with E-state index >= 15 is 0 Å². The van der Waals surface area contributed by atoms with Crippen LogP contribution in [0.25, 0.3) is 0 Å². The number of hydrogen-bond donors (Lipinski definition) is 2. The first-order valence-electron chi connectivity index (χ1n) is 6.76. The van der Waals surface area contributed by atoms with E-state index in [0.29, 0.717) is 5.75 Å². The van der Waals surface area contributed by atoms with Crippen molar-refractivity contribution in [3.05, 3.63) is 28.2 Å². The Hall–Kier alpha value is -0.540. The second-order valence-electron chi connectivity index (χ2n) is 5.15. The molecule has 18 heavy (non-hydrogen) atoms. The lowest BCUT2D eigenvalue weighted by molar-refractivity contribution is 0.432. The maximum atomic E-state index is 9.92. The predicted molar refractivity (Wildman–Crippen MR) is 80.9 cm³/mol. The van der Waals surface area contributed by atoms with E-state index < -0.39 is 0 Å². The molecular formula is C15H24BrNO. The molecule has 1 aromatic carbocycles. The van der Waals surface area contributed by atoms with Crippen molar-refractivity contribution in [2.24, 2.45) is 5.92 Å². The molecule has 0 aliphatic heterocycles. The molecular weight excluding hydrogens is 290 g/mol. The largest absolute Gasteiger partial charge is 0.508 e. The van der Waals surface area contributed by atoms with Crippen molar-refractivity contribution >= 4 is 15.9 Å². The first-order chi connectivity index (χ1) is 8.54. The summed E-state index contributed by atoms with van der Waals surface area (Å²) in [5.41, 5.74) is 0.983. The van der Waals surface area contributed by atoms with Crippen LogP contribution in [0.2, 0.25) is 0 Å². The molecule has 1 aromatic rings. The van der Waals surface area contributed by atoms with Gasteiger partial charge in [0.1, 0.15) is 5.75 Å². The highest BCUT2D eigenvalue weighted by Gasteiger charge is 2.13. The summed E-state index contributed by atoms with van der Waals surface area (Å²) in [7, 11) is 0. The third-order valence-electron chi connectivity index (χ3n) is 3.12. The smallest absolute Gasteiger partial charge is 0.120 e. The van der Waals surface area contributed by atoms with Crippen LogP contribution in [-0.2, 0) is 0 Å². The minimum absolute atomic E-state index is 0.231. The summed E-state index contributed by atoms with van der Waals surface area (Å²) in [6, 6.07) is 5.84. The van der Waals surface area contributed by atoms with Crippen molar-refractivity contribution in [3.63, 3.8) is 0 Å². The number of phenolic OH excluding ortho intramolecular Hbond substituents is 1. The van der Waals surface area contributed by atoms with Gasteiger partial charge in [-0.15, -0.1) is 0 Å². The SMILES string of the molecule is CCC(NCCCC(C)C)c1cc(Br)ccc1O. The van der Waals surface area contributed by atoms with E-state index in [9.17, 15) is 5.11 Å². The molecule has 1 atom stereocenters. The van der Waals surface area contributed by atoms with Gasteiger partial charge in [0.2, 0.25) is 0 Å². The van der Waals surface area contributed by atoms with Crippen LogP contribution in [-0.4, -0.2) is 11.7 Å². The number of hydrogen-bond acceptors (Lipinski definition) is 2. The van der Waals surface area contributed by atoms with Crippen molar-refractivity contribution in [1.82, 2.24) is 5.32 Å². The Labute approximate surface area is 119 Å². The first kappa shape index (κ1) is 15.5. The van der Waals surface area contributed by atoms with E-state index in [-0.39, 0.29) is 6.04 Å². The second kappa shape index (κ2) is 7.80. The quantitative estimate of drug-likeness (QED) is 0.719. The summed E-state index contributed by atoms with van der Waals surface area (Å²) in [4.78, 5) is 0. The van der Waals surface area contributed by atoms with Gasteiger partial charge in [0.25, 0.3) is 0 Å². The topological polar surface area (TPSA) is 32.3 Å². The Morgan fingerprint density at radius 1 is 1.33 bits per heavy atom. The Morgan fingerprint density at radius 2 is 2.06 bits per heavy atom. The average Bonchev–Trinajstić information content (AvgIpc) is 2.33. The molecule has 0 aliphatic rings. The molecule has 1 rings (SSSR count). The van der Waals surface area contributed by atoms with Crippen molar-refractivity contribution in [2.45, 2.75) is 46.1 Å². The second-order valence-corrected chi connectivity index (χ2v) is 6.07. The lowest BCUT2D eigenvalue weighted by Gasteiger charge is -2.19. The Bertz CT molecular complexity index is 366. The summed E-state index contributed by atoms with van der Waals surface area (Å²) in [6.45, 7) is 7.64. The minimum atomic E-state index is 0.231. The molecule has 3 heteroatoms. The van der Waals surface area contributed by atoms with Gasteiger partial charge in [-0.2, -0.15) is 0 Å². The molecule has 2 nitrogen and oxygen atoms in total. The molecule has 0 saturated heterocycles. The Morgan fingerprint density at radius 3 is 2.67 bits per heavy atom. The highest BCUT2D eigenvalue weighted by Crippen LogP contribution is 2.29. The molecule has 0 fully saturated rings. The van der Waals surface area contributed by atoms with E-state index in [2.05, 4.69) is 42.0 Å². The number of phenols is 1. The van der Waals surface area contributed by atoms with Gasteiger partial charge < -0.3 is 10.4 Å². The van der Waals surface area contributed by atoms with Crippen LogP contribution in [0.4, 0.5) is 0 Å². The van der Waals surface area contributed by atoms with Crippen molar-refractivity contribution in [2.75, 3.05) is 6.54 Å². The lowest BCUT2D eigenvalue weighted by Crippen LogP contribution is -2.22. The fourth-order valence-corrected chi connectivity index (χ4v) is 2.44. The summed E-state index contributed by atoms with van der Waals surface area (Å²) in [5.74, 6) is 1.13. The number of nitrogens with one attached hydrogen (secondary N) is 1. The summed E-state index contributed by atoms with van der Waals surface area (Å²) < 4.78 is 1.01. The highest BCUT2D eigenvalue weighted by atomic mass is 79.9. The minimum Gasteiger partial charge on any atom is -0.508 e. The zero-order valence-electron chi connectivity index (χ0n) is 11.5. The summed E-state index contributed by atoms with van der Waals surface area (Å²) in [6.07, 6.45) is 3.41. The number of halogens is 1.